The van der Waals surface area contributed by atoms with Crippen molar-refractivity contribution in [3.05, 3.63) is 47.8 Å². The van der Waals surface area contributed by atoms with Gasteiger partial charge in [0.05, 0.1) is 18.8 Å². The van der Waals surface area contributed by atoms with Gasteiger partial charge in [-0.2, -0.15) is 5.10 Å². The van der Waals surface area contributed by atoms with Crippen LogP contribution in [0.2, 0.25) is 0 Å². The van der Waals surface area contributed by atoms with Crippen LogP contribution in [0.1, 0.15) is 44.4 Å². The van der Waals surface area contributed by atoms with Gasteiger partial charge in [0.15, 0.2) is 0 Å². The fourth-order valence-electron chi connectivity index (χ4n) is 3.79. The number of hydrogen-bond donors (Lipinski definition) is 0. The number of nitrogens with zero attached hydrogens (tertiary/aromatic N) is 4. The smallest absolute Gasteiger partial charge is 0.223 e. The normalized spacial score (nSPS) is 15.5. The maximum absolute atomic E-state index is 13.2. The van der Waals surface area contributed by atoms with Gasteiger partial charge in [0.2, 0.25) is 5.91 Å². The van der Waals surface area contributed by atoms with Crippen molar-refractivity contribution in [2.24, 2.45) is 18.9 Å². The standard InChI is InChI=1S/C24H36N4O2/c1-19(2)18-30-23-7-5-21(6-8-23)16-28(17-22-11-14-27(4)25-22)24(29)15-20-9-12-26(3)13-10-20/h5-8,11,14,19-20H,9-10,12-13,15-18H2,1-4H3. The highest BCUT2D eigenvalue weighted by molar-refractivity contribution is 5.76. The van der Waals surface area contributed by atoms with Crippen LogP contribution >= 0.6 is 0 Å². The Bertz CT molecular complexity index is 792. The molecule has 6 heteroatoms. The first-order valence-corrected chi connectivity index (χ1v) is 11.1. The second kappa shape index (κ2) is 10.6. The van der Waals surface area contributed by atoms with Crippen molar-refractivity contribution in [3.63, 3.8) is 0 Å². The van der Waals surface area contributed by atoms with E-state index < -0.39 is 0 Å². The molecule has 6 nitrogen and oxygen atoms in total. The van der Waals surface area contributed by atoms with Crippen molar-refractivity contribution in [1.82, 2.24) is 19.6 Å². The number of ether oxygens (including phenoxy) is 1. The predicted octanol–water partition coefficient (Wildman–Crippen LogP) is 3.72. The highest BCUT2D eigenvalue weighted by Gasteiger charge is 2.23. The molecule has 30 heavy (non-hydrogen) atoms. The second-order valence-electron chi connectivity index (χ2n) is 9.03. The molecule has 2 aromatic rings. The van der Waals surface area contributed by atoms with Gasteiger partial charge in [-0.25, -0.2) is 0 Å². The summed E-state index contributed by atoms with van der Waals surface area (Å²) in [6, 6.07) is 10.1. The lowest BCUT2D eigenvalue weighted by atomic mass is 9.93. The van der Waals surface area contributed by atoms with Gasteiger partial charge in [0.1, 0.15) is 5.75 Å². The summed E-state index contributed by atoms with van der Waals surface area (Å²) in [5.74, 6) is 2.07. The van der Waals surface area contributed by atoms with Crippen LogP contribution in [0, 0.1) is 11.8 Å². The SMILES string of the molecule is CC(C)COc1ccc(CN(Cc2ccn(C)n2)C(=O)CC2CCN(C)CC2)cc1. The van der Waals surface area contributed by atoms with E-state index in [2.05, 4.69) is 43.0 Å². The van der Waals surface area contributed by atoms with Crippen molar-refractivity contribution in [1.29, 1.82) is 0 Å². The highest BCUT2D eigenvalue weighted by atomic mass is 16.5. The summed E-state index contributed by atoms with van der Waals surface area (Å²) in [7, 11) is 4.06. The van der Waals surface area contributed by atoms with E-state index in [1.807, 2.05) is 36.3 Å². The molecule has 0 saturated carbocycles. The molecule has 1 fully saturated rings. The summed E-state index contributed by atoms with van der Waals surface area (Å²) in [6.07, 6.45) is 4.75. The molecule has 2 heterocycles. The van der Waals surface area contributed by atoms with Crippen LogP contribution in [0.3, 0.4) is 0 Å². The molecule has 0 bridgehead atoms. The number of aryl methyl sites for hydroxylation is 1. The fraction of sp³-hybridized carbons (Fsp3) is 0.583. The Balaban J connectivity index is 1.65. The van der Waals surface area contributed by atoms with E-state index in [1.54, 1.807) is 4.68 Å². The first kappa shape index (κ1) is 22.3. The third-order valence-corrected chi connectivity index (χ3v) is 5.66. The van der Waals surface area contributed by atoms with Crippen molar-refractivity contribution in [2.45, 2.75) is 46.2 Å². The summed E-state index contributed by atoms with van der Waals surface area (Å²) >= 11 is 0. The highest BCUT2D eigenvalue weighted by Crippen LogP contribution is 2.22. The molecule has 0 radical (unpaired) electrons. The predicted molar refractivity (Wildman–Crippen MR) is 119 cm³/mol. The van der Waals surface area contributed by atoms with Crippen LogP contribution in [0.15, 0.2) is 36.5 Å². The molecule has 0 spiro atoms. The van der Waals surface area contributed by atoms with Gasteiger partial charge in [-0.05, 0) is 68.6 Å². The summed E-state index contributed by atoms with van der Waals surface area (Å²) in [5, 5.41) is 4.48. The molecule has 0 atom stereocenters. The minimum Gasteiger partial charge on any atom is -0.493 e. The number of likely N-dealkylation sites (tertiary alicyclic amines) is 1. The number of benzene rings is 1. The third kappa shape index (κ3) is 6.87. The number of carbonyl (C=O) groups is 1. The van der Waals surface area contributed by atoms with E-state index in [-0.39, 0.29) is 5.91 Å². The van der Waals surface area contributed by atoms with E-state index in [1.165, 1.54) is 0 Å². The maximum Gasteiger partial charge on any atom is 0.223 e. The van der Waals surface area contributed by atoms with Gasteiger partial charge in [-0.15, -0.1) is 0 Å². The number of aromatic nitrogens is 2. The molecule has 1 aromatic carbocycles. The van der Waals surface area contributed by atoms with Crippen LogP contribution in [0.5, 0.6) is 5.75 Å². The summed E-state index contributed by atoms with van der Waals surface area (Å²) in [5.41, 5.74) is 2.03. The molecule has 1 aliphatic rings. The Labute approximate surface area is 180 Å². The van der Waals surface area contributed by atoms with E-state index in [4.69, 9.17) is 4.74 Å². The zero-order chi connectivity index (χ0) is 21.5. The molecule has 1 aromatic heterocycles. The van der Waals surface area contributed by atoms with Gasteiger partial charge >= 0.3 is 0 Å². The quantitative estimate of drug-likeness (QED) is 0.630. The topological polar surface area (TPSA) is 50.6 Å². The van der Waals surface area contributed by atoms with Gasteiger partial charge in [-0.1, -0.05) is 26.0 Å². The van der Waals surface area contributed by atoms with Crippen molar-refractivity contribution in [2.75, 3.05) is 26.7 Å². The average Bonchev–Trinajstić information content (AvgIpc) is 3.13. The minimum atomic E-state index is 0.218. The lowest BCUT2D eigenvalue weighted by molar-refractivity contribution is -0.133. The minimum absolute atomic E-state index is 0.218. The lowest BCUT2D eigenvalue weighted by Crippen LogP contribution is -2.35. The third-order valence-electron chi connectivity index (χ3n) is 5.66. The largest absolute Gasteiger partial charge is 0.493 e. The molecule has 3 rings (SSSR count). The molecule has 1 aliphatic heterocycles. The van der Waals surface area contributed by atoms with Crippen LogP contribution in [-0.4, -0.2) is 52.2 Å². The maximum atomic E-state index is 13.2. The lowest BCUT2D eigenvalue weighted by Gasteiger charge is -2.30. The number of hydrogen-bond acceptors (Lipinski definition) is 4. The molecule has 0 unspecified atom stereocenters. The number of carbonyl (C=O) groups excluding carboxylic acids is 1. The average molecular weight is 413 g/mol. The van der Waals surface area contributed by atoms with Gasteiger partial charge in [-0.3, -0.25) is 9.48 Å². The monoisotopic (exact) mass is 412 g/mol. The van der Waals surface area contributed by atoms with Gasteiger partial charge in [0, 0.05) is 26.2 Å². The van der Waals surface area contributed by atoms with Crippen LogP contribution in [-0.2, 0) is 24.9 Å². The first-order chi connectivity index (χ1) is 14.4. The van der Waals surface area contributed by atoms with E-state index in [9.17, 15) is 4.79 Å². The Hall–Kier alpha value is -2.34. The molecular weight excluding hydrogens is 376 g/mol. The Morgan fingerprint density at radius 3 is 2.43 bits per heavy atom. The van der Waals surface area contributed by atoms with Crippen molar-refractivity contribution in [3.8, 4) is 5.75 Å². The Morgan fingerprint density at radius 2 is 1.83 bits per heavy atom. The number of amides is 1. The van der Waals surface area contributed by atoms with E-state index in [0.29, 0.717) is 38.0 Å². The van der Waals surface area contributed by atoms with Crippen molar-refractivity contribution >= 4 is 5.91 Å². The Morgan fingerprint density at radius 1 is 1.13 bits per heavy atom. The first-order valence-electron chi connectivity index (χ1n) is 11.1. The number of piperidine rings is 1. The second-order valence-corrected chi connectivity index (χ2v) is 9.03. The van der Waals surface area contributed by atoms with Gasteiger partial charge in [0.25, 0.3) is 0 Å². The zero-order valence-electron chi connectivity index (χ0n) is 18.9. The molecule has 164 valence electrons. The summed E-state index contributed by atoms with van der Waals surface area (Å²) in [4.78, 5) is 17.5. The fourth-order valence-corrected chi connectivity index (χ4v) is 3.79. The van der Waals surface area contributed by atoms with E-state index in [0.717, 1.165) is 42.9 Å². The zero-order valence-corrected chi connectivity index (χ0v) is 18.9. The van der Waals surface area contributed by atoms with Gasteiger partial charge < -0.3 is 14.5 Å². The van der Waals surface area contributed by atoms with Crippen LogP contribution in [0.4, 0.5) is 0 Å². The van der Waals surface area contributed by atoms with Crippen LogP contribution < -0.4 is 4.74 Å². The molecule has 0 N–H and O–H groups in total. The van der Waals surface area contributed by atoms with Crippen LogP contribution in [0.25, 0.3) is 0 Å². The molecule has 1 amide bonds. The molecule has 0 aliphatic carbocycles. The molecule has 1 saturated heterocycles. The van der Waals surface area contributed by atoms with E-state index >= 15 is 0 Å². The molecular formula is C24H36N4O2. The van der Waals surface area contributed by atoms with Crippen molar-refractivity contribution < 1.29 is 9.53 Å². The number of rotatable bonds is 9. The summed E-state index contributed by atoms with van der Waals surface area (Å²) in [6.45, 7) is 8.27. The Kier molecular flexibility index (Phi) is 7.91. The summed E-state index contributed by atoms with van der Waals surface area (Å²) < 4.78 is 7.57.